The third-order valence-corrected chi connectivity index (χ3v) is 7.06. The zero-order chi connectivity index (χ0) is 25.2. The quantitative estimate of drug-likeness (QED) is 0.500. The lowest BCUT2D eigenvalue weighted by atomic mass is 9.67. The van der Waals surface area contributed by atoms with Gasteiger partial charge in [0, 0.05) is 37.7 Å². The van der Waals surface area contributed by atoms with Gasteiger partial charge in [0.05, 0.1) is 12.1 Å². The largest absolute Gasteiger partial charge is 0.471 e. The SMILES string of the molecule is CC(=O)N[C@@H](Cc1cccc(F)c1)[C@H](O)CN[C@H]1C[C@]2(C[C@H](C)C2)Oc2ncc(CC(C)C)cc21. The Morgan fingerprint density at radius 2 is 2.00 bits per heavy atom. The van der Waals surface area contributed by atoms with Crippen molar-refractivity contribution >= 4 is 5.91 Å². The van der Waals surface area contributed by atoms with Crippen molar-refractivity contribution in [1.29, 1.82) is 0 Å². The molecule has 3 N–H and O–H groups in total. The van der Waals surface area contributed by atoms with E-state index in [1.165, 1.54) is 24.6 Å². The maximum Gasteiger partial charge on any atom is 0.218 e. The molecule has 1 fully saturated rings. The van der Waals surface area contributed by atoms with Crippen LogP contribution in [-0.4, -0.2) is 40.3 Å². The number of hydrogen-bond donors (Lipinski definition) is 3. The minimum absolute atomic E-state index is 0.00680. The van der Waals surface area contributed by atoms with Crippen molar-refractivity contribution in [3.8, 4) is 5.88 Å². The lowest BCUT2D eigenvalue weighted by Crippen LogP contribution is -2.54. The molecule has 0 unspecified atom stereocenters. The van der Waals surface area contributed by atoms with E-state index in [0.717, 1.165) is 36.8 Å². The van der Waals surface area contributed by atoms with Crippen molar-refractivity contribution in [2.45, 2.75) is 83.6 Å². The highest BCUT2D eigenvalue weighted by molar-refractivity contribution is 5.73. The fourth-order valence-electron chi connectivity index (χ4n) is 5.67. The Morgan fingerprint density at radius 1 is 1.23 bits per heavy atom. The molecule has 1 aromatic heterocycles. The second-order valence-electron chi connectivity index (χ2n) is 11.0. The number of pyridine rings is 1. The molecule has 2 aromatic rings. The van der Waals surface area contributed by atoms with Gasteiger partial charge < -0.3 is 20.5 Å². The summed E-state index contributed by atoms with van der Waals surface area (Å²) in [6, 6.07) is 7.90. The van der Waals surface area contributed by atoms with Crippen LogP contribution in [0.5, 0.6) is 5.88 Å². The lowest BCUT2D eigenvalue weighted by Gasteiger charge is -2.50. The van der Waals surface area contributed by atoms with E-state index in [2.05, 4.69) is 42.5 Å². The van der Waals surface area contributed by atoms with Gasteiger partial charge in [-0.25, -0.2) is 9.37 Å². The Labute approximate surface area is 207 Å². The number of aromatic nitrogens is 1. The van der Waals surface area contributed by atoms with Crippen LogP contribution in [0.25, 0.3) is 0 Å². The first-order valence-corrected chi connectivity index (χ1v) is 12.7. The number of aliphatic hydroxyl groups is 1. The number of rotatable bonds is 9. The number of nitrogens with zero attached hydrogens (tertiary/aromatic N) is 1. The van der Waals surface area contributed by atoms with Crippen LogP contribution < -0.4 is 15.4 Å². The van der Waals surface area contributed by atoms with E-state index < -0.39 is 12.1 Å². The molecule has 2 heterocycles. The van der Waals surface area contributed by atoms with Gasteiger partial charge in [0.15, 0.2) is 0 Å². The molecule has 1 amide bonds. The van der Waals surface area contributed by atoms with E-state index in [0.29, 0.717) is 24.1 Å². The van der Waals surface area contributed by atoms with Crippen LogP contribution in [0.4, 0.5) is 4.39 Å². The average molecular weight is 484 g/mol. The predicted molar refractivity (Wildman–Crippen MR) is 134 cm³/mol. The summed E-state index contributed by atoms with van der Waals surface area (Å²) in [5.74, 6) is 1.26. The van der Waals surface area contributed by atoms with Crippen LogP contribution in [0.2, 0.25) is 0 Å². The van der Waals surface area contributed by atoms with Crippen molar-refractivity contribution in [1.82, 2.24) is 15.6 Å². The minimum Gasteiger partial charge on any atom is -0.471 e. The Kier molecular flexibility index (Phi) is 7.77. The van der Waals surface area contributed by atoms with E-state index in [1.807, 2.05) is 6.20 Å². The van der Waals surface area contributed by atoms with E-state index in [1.54, 1.807) is 12.1 Å². The summed E-state index contributed by atoms with van der Waals surface area (Å²) in [6.45, 7) is 8.32. The monoisotopic (exact) mass is 483 g/mol. The maximum absolute atomic E-state index is 13.7. The highest BCUT2D eigenvalue weighted by Gasteiger charge is 2.49. The number of ether oxygens (including phenoxy) is 1. The van der Waals surface area contributed by atoms with Gasteiger partial charge in [-0.15, -0.1) is 0 Å². The highest BCUT2D eigenvalue weighted by atomic mass is 19.1. The van der Waals surface area contributed by atoms with Gasteiger partial charge in [0.25, 0.3) is 0 Å². The van der Waals surface area contributed by atoms with Crippen LogP contribution >= 0.6 is 0 Å². The second kappa shape index (κ2) is 10.6. The molecule has 7 heteroatoms. The van der Waals surface area contributed by atoms with Gasteiger partial charge in [-0.2, -0.15) is 0 Å². The summed E-state index contributed by atoms with van der Waals surface area (Å²) < 4.78 is 20.1. The van der Waals surface area contributed by atoms with Gasteiger partial charge in [0.2, 0.25) is 11.8 Å². The number of hydrogen-bond acceptors (Lipinski definition) is 5. The summed E-state index contributed by atoms with van der Waals surface area (Å²) >= 11 is 0. The van der Waals surface area contributed by atoms with Gasteiger partial charge in [-0.3, -0.25) is 4.79 Å². The Balaban J connectivity index is 1.50. The molecule has 0 radical (unpaired) electrons. The molecule has 35 heavy (non-hydrogen) atoms. The van der Waals surface area contributed by atoms with Crippen LogP contribution in [0, 0.1) is 17.7 Å². The van der Waals surface area contributed by atoms with Crippen LogP contribution in [0.3, 0.4) is 0 Å². The molecule has 2 aliphatic rings. The molecule has 0 bridgehead atoms. The standard InChI is InChI=1S/C28H38FN3O3/c1-17(2)8-21-10-23-25(14-28(12-18(3)13-28)35-27(23)31-15-21)30-16-26(34)24(32-19(4)33)11-20-6-5-7-22(29)9-20/h5-7,9-10,15,17-18,24-26,30,34H,8,11-14,16H2,1-4H3,(H,32,33)/t18-,24-,25-,26+,28+/m0/s1. The Morgan fingerprint density at radius 3 is 2.66 bits per heavy atom. The van der Waals surface area contributed by atoms with Crippen molar-refractivity contribution in [3.05, 3.63) is 59.0 Å². The molecule has 190 valence electrons. The second-order valence-corrected chi connectivity index (χ2v) is 11.0. The Bertz CT molecular complexity index is 1040. The van der Waals surface area contributed by atoms with Crippen molar-refractivity contribution in [2.24, 2.45) is 11.8 Å². The number of fused-ring (bicyclic) bond motifs is 1. The topological polar surface area (TPSA) is 83.5 Å². The van der Waals surface area contributed by atoms with E-state index in [4.69, 9.17) is 4.74 Å². The van der Waals surface area contributed by atoms with Crippen LogP contribution in [-0.2, 0) is 17.6 Å². The molecule has 6 nitrogen and oxygen atoms in total. The van der Waals surface area contributed by atoms with Gasteiger partial charge in [-0.05, 0) is 66.8 Å². The molecule has 4 rings (SSSR count). The summed E-state index contributed by atoms with van der Waals surface area (Å²) in [6.07, 6.45) is 5.16. The normalized spacial score (nSPS) is 24.9. The van der Waals surface area contributed by atoms with Crippen molar-refractivity contribution < 1.29 is 19.0 Å². The molecular weight excluding hydrogens is 445 g/mol. The van der Waals surface area contributed by atoms with Gasteiger partial charge in [0.1, 0.15) is 11.4 Å². The molecule has 1 aromatic carbocycles. The third-order valence-electron chi connectivity index (χ3n) is 7.06. The highest BCUT2D eigenvalue weighted by Crippen LogP contribution is 2.50. The molecule has 0 saturated heterocycles. The minimum atomic E-state index is -0.850. The van der Waals surface area contributed by atoms with Crippen molar-refractivity contribution in [2.75, 3.05) is 6.54 Å². The molecule has 1 aliphatic carbocycles. The predicted octanol–water partition coefficient (Wildman–Crippen LogP) is 4.11. The Hall–Kier alpha value is -2.51. The smallest absolute Gasteiger partial charge is 0.218 e. The number of carbonyl (C=O) groups is 1. The first kappa shape index (κ1) is 25.6. The zero-order valence-corrected chi connectivity index (χ0v) is 21.2. The van der Waals surface area contributed by atoms with Crippen molar-refractivity contribution in [3.63, 3.8) is 0 Å². The number of benzene rings is 1. The first-order valence-electron chi connectivity index (χ1n) is 12.7. The fraction of sp³-hybridized carbons (Fsp3) is 0.571. The number of amides is 1. The van der Waals surface area contributed by atoms with Gasteiger partial charge >= 0.3 is 0 Å². The van der Waals surface area contributed by atoms with E-state index in [-0.39, 0.29) is 29.9 Å². The third kappa shape index (κ3) is 6.39. The first-order chi connectivity index (χ1) is 16.6. The summed E-state index contributed by atoms with van der Waals surface area (Å²) in [4.78, 5) is 16.5. The molecule has 3 atom stereocenters. The van der Waals surface area contributed by atoms with Gasteiger partial charge in [-0.1, -0.05) is 32.9 Å². The molecular formula is C28H38FN3O3. The number of aliphatic hydroxyl groups excluding tert-OH is 1. The molecule has 1 spiro atoms. The summed E-state index contributed by atoms with van der Waals surface area (Å²) in [5.41, 5.74) is 2.72. The lowest BCUT2D eigenvalue weighted by molar-refractivity contribution is -0.120. The fourth-order valence-corrected chi connectivity index (χ4v) is 5.67. The van der Waals surface area contributed by atoms with Crippen LogP contribution in [0.15, 0.2) is 36.5 Å². The zero-order valence-electron chi connectivity index (χ0n) is 21.2. The van der Waals surface area contributed by atoms with E-state index >= 15 is 0 Å². The average Bonchev–Trinajstić information content (AvgIpc) is 2.75. The maximum atomic E-state index is 13.7. The van der Waals surface area contributed by atoms with E-state index in [9.17, 15) is 14.3 Å². The molecule has 1 saturated carbocycles. The number of halogens is 1. The summed E-state index contributed by atoms with van der Waals surface area (Å²) in [7, 11) is 0. The summed E-state index contributed by atoms with van der Waals surface area (Å²) in [5, 5.41) is 17.5. The number of nitrogens with one attached hydrogen (secondary N) is 2. The van der Waals surface area contributed by atoms with Crippen LogP contribution in [0.1, 0.15) is 69.7 Å². The molecule has 1 aliphatic heterocycles. The number of carbonyl (C=O) groups excluding carboxylic acids is 1.